The topological polar surface area (TPSA) is 29.1 Å². The summed E-state index contributed by atoms with van der Waals surface area (Å²) in [7, 11) is 0. The minimum absolute atomic E-state index is 0.241. The number of halogens is 1. The molecule has 0 aromatic heterocycles. The van der Waals surface area contributed by atoms with Crippen LogP contribution >= 0.6 is 0 Å². The normalized spacial score (nSPS) is 25.5. The summed E-state index contributed by atoms with van der Waals surface area (Å²) in [4.78, 5) is 11.2. The van der Waals surface area contributed by atoms with Gasteiger partial charge in [0.25, 0.3) is 0 Å². The first-order valence-corrected chi connectivity index (χ1v) is 3.98. The third-order valence-corrected chi connectivity index (χ3v) is 1.96. The molecule has 0 radical (unpaired) electrons. The van der Waals surface area contributed by atoms with Gasteiger partial charge in [0, 0.05) is 0 Å². The fraction of sp³-hybridized carbons (Fsp3) is 0.875. The summed E-state index contributed by atoms with van der Waals surface area (Å²) in [6.45, 7) is 3.47. The van der Waals surface area contributed by atoms with Gasteiger partial charge in [-0.1, -0.05) is 0 Å². The van der Waals surface area contributed by atoms with Crippen molar-refractivity contribution in [2.75, 3.05) is 6.54 Å². The van der Waals surface area contributed by atoms with E-state index >= 15 is 0 Å². The predicted molar refractivity (Wildman–Crippen MR) is 41.2 cm³/mol. The zero-order valence-electron chi connectivity index (χ0n) is 6.98. The highest BCUT2D eigenvalue weighted by atomic mass is 19.1. The lowest BCUT2D eigenvalue weighted by Gasteiger charge is -2.17. The second-order valence-corrected chi connectivity index (χ2v) is 3.49. The molecule has 0 aliphatic carbocycles. The van der Waals surface area contributed by atoms with Crippen LogP contribution in [0.1, 0.15) is 26.7 Å². The first kappa shape index (κ1) is 8.65. The maximum atomic E-state index is 13.0. The molecule has 0 bridgehead atoms. The minimum atomic E-state index is -1.68. The van der Waals surface area contributed by atoms with Crippen molar-refractivity contribution in [1.29, 1.82) is 0 Å². The van der Waals surface area contributed by atoms with Gasteiger partial charge in [-0.2, -0.15) is 0 Å². The minimum Gasteiger partial charge on any atom is -0.307 e. The average molecular weight is 159 g/mol. The molecule has 0 spiro atoms. The van der Waals surface area contributed by atoms with Crippen molar-refractivity contribution >= 4 is 5.78 Å². The number of carbonyl (C=O) groups excluding carboxylic acids is 1. The first-order valence-electron chi connectivity index (χ1n) is 3.98. The van der Waals surface area contributed by atoms with E-state index in [4.69, 9.17) is 0 Å². The number of hydrogen-bond donors (Lipinski definition) is 1. The fourth-order valence-corrected chi connectivity index (χ4v) is 1.32. The Bertz CT molecular complexity index is 156. The number of alkyl halides is 1. The highest BCUT2D eigenvalue weighted by molar-refractivity contribution is 5.91. The molecule has 1 fully saturated rings. The highest BCUT2D eigenvalue weighted by Crippen LogP contribution is 2.17. The van der Waals surface area contributed by atoms with Crippen molar-refractivity contribution in [3.05, 3.63) is 0 Å². The third kappa shape index (κ3) is 1.99. The van der Waals surface area contributed by atoms with Crippen molar-refractivity contribution in [2.24, 2.45) is 0 Å². The molecule has 1 aliphatic heterocycles. The van der Waals surface area contributed by atoms with E-state index in [-0.39, 0.29) is 11.8 Å². The molecule has 1 N–H and O–H groups in total. The Kier molecular flexibility index (Phi) is 2.28. The lowest BCUT2D eigenvalue weighted by molar-refractivity contribution is -0.130. The van der Waals surface area contributed by atoms with Crippen molar-refractivity contribution in [3.63, 3.8) is 0 Å². The molecular weight excluding hydrogens is 145 g/mol. The van der Waals surface area contributed by atoms with Gasteiger partial charge >= 0.3 is 0 Å². The summed E-state index contributed by atoms with van der Waals surface area (Å²) in [6.07, 6.45) is 1.76. The number of hydrogen-bond acceptors (Lipinski definition) is 2. The van der Waals surface area contributed by atoms with Gasteiger partial charge in [0.1, 0.15) is 0 Å². The Balaban J connectivity index is 2.53. The molecule has 0 aromatic carbocycles. The summed E-state index contributed by atoms with van der Waals surface area (Å²) in [5.74, 6) is -0.310. The smallest absolute Gasteiger partial charge is 0.186 e. The van der Waals surface area contributed by atoms with Crippen molar-refractivity contribution in [2.45, 2.75) is 38.4 Å². The number of carbonyl (C=O) groups is 1. The van der Waals surface area contributed by atoms with Gasteiger partial charge in [-0.05, 0) is 33.2 Å². The monoisotopic (exact) mass is 159 g/mol. The van der Waals surface area contributed by atoms with Crippen LogP contribution in [0.3, 0.4) is 0 Å². The SMILES string of the molecule is CC(C)(F)C(=O)C1CCCN1. The quantitative estimate of drug-likeness (QED) is 0.652. The molecule has 11 heavy (non-hydrogen) atoms. The van der Waals surface area contributed by atoms with E-state index in [0.29, 0.717) is 0 Å². The summed E-state index contributed by atoms with van der Waals surface area (Å²) >= 11 is 0. The van der Waals surface area contributed by atoms with E-state index in [9.17, 15) is 9.18 Å². The Labute approximate surface area is 66.2 Å². The lowest BCUT2D eigenvalue weighted by atomic mass is 9.98. The highest BCUT2D eigenvalue weighted by Gasteiger charge is 2.34. The van der Waals surface area contributed by atoms with Crippen molar-refractivity contribution < 1.29 is 9.18 Å². The van der Waals surface area contributed by atoms with Gasteiger partial charge in [0.05, 0.1) is 6.04 Å². The van der Waals surface area contributed by atoms with E-state index in [1.165, 1.54) is 13.8 Å². The summed E-state index contributed by atoms with van der Waals surface area (Å²) < 4.78 is 13.0. The molecule has 1 rings (SSSR count). The van der Waals surface area contributed by atoms with Crippen LogP contribution in [-0.4, -0.2) is 24.0 Å². The number of Topliss-reactive ketones (excluding diaryl/α,β-unsaturated/α-hetero) is 1. The molecule has 0 amide bonds. The number of nitrogens with one attached hydrogen (secondary N) is 1. The van der Waals surface area contributed by atoms with E-state index in [1.54, 1.807) is 0 Å². The second-order valence-electron chi connectivity index (χ2n) is 3.49. The van der Waals surface area contributed by atoms with Gasteiger partial charge in [0.2, 0.25) is 0 Å². The summed E-state index contributed by atoms with van der Waals surface area (Å²) in [6, 6.07) is -0.241. The van der Waals surface area contributed by atoms with E-state index in [2.05, 4.69) is 5.32 Å². The van der Waals surface area contributed by atoms with Crippen LogP contribution in [0.25, 0.3) is 0 Å². The van der Waals surface area contributed by atoms with Gasteiger partial charge in [-0.15, -0.1) is 0 Å². The van der Waals surface area contributed by atoms with Crippen LogP contribution in [-0.2, 0) is 4.79 Å². The molecule has 1 aliphatic rings. The molecule has 0 saturated carbocycles. The third-order valence-electron chi connectivity index (χ3n) is 1.96. The molecule has 3 heteroatoms. The molecule has 1 atom stereocenters. The van der Waals surface area contributed by atoms with Crippen LogP contribution in [0.5, 0.6) is 0 Å². The molecule has 64 valence electrons. The fourth-order valence-electron chi connectivity index (χ4n) is 1.32. The van der Waals surface area contributed by atoms with E-state index in [0.717, 1.165) is 19.4 Å². The van der Waals surface area contributed by atoms with Crippen molar-refractivity contribution in [3.8, 4) is 0 Å². The summed E-state index contributed by atoms with van der Waals surface area (Å²) in [5.41, 5.74) is -1.68. The molecule has 2 nitrogen and oxygen atoms in total. The molecule has 1 saturated heterocycles. The maximum Gasteiger partial charge on any atom is 0.186 e. The standard InChI is InChI=1S/C8H14FNO/c1-8(2,9)7(11)6-4-3-5-10-6/h6,10H,3-5H2,1-2H3. The van der Waals surface area contributed by atoms with Crippen LogP contribution in [0.2, 0.25) is 0 Å². The van der Waals surface area contributed by atoms with Gasteiger partial charge in [0.15, 0.2) is 11.5 Å². The van der Waals surface area contributed by atoms with Crippen LogP contribution < -0.4 is 5.32 Å². The Morgan fingerprint density at radius 2 is 2.27 bits per heavy atom. The lowest BCUT2D eigenvalue weighted by Crippen LogP contribution is -2.41. The van der Waals surface area contributed by atoms with Gasteiger partial charge in [-0.3, -0.25) is 4.79 Å². The van der Waals surface area contributed by atoms with E-state index < -0.39 is 5.67 Å². The maximum absolute atomic E-state index is 13.0. The Morgan fingerprint density at radius 3 is 2.64 bits per heavy atom. The van der Waals surface area contributed by atoms with Crippen LogP contribution in [0.15, 0.2) is 0 Å². The zero-order chi connectivity index (χ0) is 8.48. The summed E-state index contributed by atoms with van der Waals surface area (Å²) in [5, 5.41) is 2.97. The molecule has 1 unspecified atom stereocenters. The zero-order valence-corrected chi connectivity index (χ0v) is 6.98. The van der Waals surface area contributed by atoms with E-state index in [1.807, 2.05) is 0 Å². The second kappa shape index (κ2) is 2.89. The van der Waals surface area contributed by atoms with Crippen LogP contribution in [0.4, 0.5) is 4.39 Å². The predicted octanol–water partition coefficient (Wildman–Crippen LogP) is 1.06. The molecule has 1 heterocycles. The largest absolute Gasteiger partial charge is 0.307 e. The number of ketones is 1. The van der Waals surface area contributed by atoms with Gasteiger partial charge in [-0.25, -0.2) is 4.39 Å². The Hall–Kier alpha value is -0.440. The first-order chi connectivity index (χ1) is 5.02. The van der Waals surface area contributed by atoms with Crippen molar-refractivity contribution in [1.82, 2.24) is 5.32 Å². The average Bonchev–Trinajstić information content (AvgIpc) is 2.34. The number of rotatable bonds is 2. The van der Waals surface area contributed by atoms with Gasteiger partial charge < -0.3 is 5.32 Å². The molecular formula is C8H14FNO. The Morgan fingerprint density at radius 1 is 1.64 bits per heavy atom. The van der Waals surface area contributed by atoms with Crippen LogP contribution in [0, 0.1) is 0 Å². The molecule has 0 aromatic rings.